The molecule has 0 radical (unpaired) electrons. The Bertz CT molecular complexity index is 306. The first-order valence-corrected chi connectivity index (χ1v) is 4.01. The highest BCUT2D eigenvalue weighted by Gasteiger charge is 2.02. The van der Waals surface area contributed by atoms with Crippen molar-refractivity contribution >= 4 is 15.9 Å². The van der Waals surface area contributed by atoms with E-state index in [4.69, 9.17) is 5.26 Å². The van der Waals surface area contributed by atoms with Gasteiger partial charge < -0.3 is 0 Å². The van der Waals surface area contributed by atoms with Gasteiger partial charge in [-0.25, -0.2) is 4.98 Å². The summed E-state index contributed by atoms with van der Waals surface area (Å²) in [6.07, 6.45) is 0. The molecule has 1 rings (SSSR count). The van der Waals surface area contributed by atoms with Crippen LogP contribution in [-0.4, -0.2) is 4.98 Å². The molecule has 0 unspecified atom stereocenters. The zero-order chi connectivity index (χ0) is 8.27. The van der Waals surface area contributed by atoms with E-state index in [1.807, 2.05) is 6.07 Å². The quantitative estimate of drug-likeness (QED) is 0.530. The highest BCUT2D eigenvalue weighted by molar-refractivity contribution is 9.08. The molecular formula is C7H4BrFN2. The van der Waals surface area contributed by atoms with E-state index in [1.165, 1.54) is 12.1 Å². The summed E-state index contributed by atoms with van der Waals surface area (Å²) in [6.45, 7) is 0. The molecule has 1 aromatic heterocycles. The van der Waals surface area contributed by atoms with Crippen molar-refractivity contribution in [3.05, 3.63) is 29.3 Å². The van der Waals surface area contributed by atoms with Crippen molar-refractivity contribution in [3.63, 3.8) is 0 Å². The second-order valence-corrected chi connectivity index (χ2v) is 2.43. The molecule has 0 bridgehead atoms. The Morgan fingerprint density at radius 1 is 1.64 bits per heavy atom. The number of hydrogen-bond acceptors (Lipinski definition) is 2. The minimum atomic E-state index is -0.557. The number of halogens is 2. The molecule has 11 heavy (non-hydrogen) atoms. The first kappa shape index (κ1) is 8.15. The first-order chi connectivity index (χ1) is 5.27. The van der Waals surface area contributed by atoms with Crippen molar-refractivity contribution in [2.45, 2.75) is 5.33 Å². The zero-order valence-electron chi connectivity index (χ0n) is 5.51. The third-order valence-corrected chi connectivity index (χ3v) is 1.72. The third-order valence-electron chi connectivity index (χ3n) is 1.19. The molecule has 0 aromatic carbocycles. The maximum absolute atomic E-state index is 12.4. The third kappa shape index (κ3) is 1.75. The molecule has 1 heterocycles. The molecule has 0 aliphatic rings. The van der Waals surface area contributed by atoms with E-state index in [0.29, 0.717) is 16.6 Å². The summed E-state index contributed by atoms with van der Waals surface area (Å²) in [5, 5.41) is 8.90. The number of aromatic nitrogens is 1. The first-order valence-electron chi connectivity index (χ1n) is 2.89. The van der Waals surface area contributed by atoms with Gasteiger partial charge in [0.05, 0.1) is 11.3 Å². The van der Waals surface area contributed by atoms with Crippen LogP contribution in [0.25, 0.3) is 0 Å². The summed E-state index contributed by atoms with van der Waals surface area (Å²) in [6, 6.07) is 4.50. The molecule has 1 aromatic rings. The van der Waals surface area contributed by atoms with Gasteiger partial charge >= 0.3 is 0 Å². The highest BCUT2D eigenvalue weighted by atomic mass is 79.9. The van der Waals surface area contributed by atoms with Crippen molar-refractivity contribution in [1.29, 1.82) is 5.26 Å². The average molecular weight is 215 g/mol. The Hall–Kier alpha value is -0.950. The van der Waals surface area contributed by atoms with Crippen LogP contribution in [-0.2, 0) is 5.33 Å². The van der Waals surface area contributed by atoms with Gasteiger partial charge in [0.25, 0.3) is 0 Å². The van der Waals surface area contributed by atoms with Gasteiger partial charge in [-0.15, -0.1) is 0 Å². The molecule has 0 N–H and O–H groups in total. The van der Waals surface area contributed by atoms with Crippen LogP contribution in [0.5, 0.6) is 0 Å². The van der Waals surface area contributed by atoms with E-state index < -0.39 is 5.95 Å². The van der Waals surface area contributed by atoms with Gasteiger partial charge in [-0.3, -0.25) is 0 Å². The van der Waals surface area contributed by atoms with E-state index in [9.17, 15) is 4.39 Å². The van der Waals surface area contributed by atoms with E-state index >= 15 is 0 Å². The maximum Gasteiger partial charge on any atom is 0.213 e. The van der Waals surface area contributed by atoms with Crippen LogP contribution in [0.3, 0.4) is 0 Å². The number of alkyl halides is 1. The molecular weight excluding hydrogens is 211 g/mol. The van der Waals surface area contributed by atoms with Gasteiger partial charge in [-0.2, -0.15) is 9.65 Å². The lowest BCUT2D eigenvalue weighted by Crippen LogP contribution is -1.93. The molecule has 0 fully saturated rings. The number of nitriles is 1. The Labute approximate surface area is 71.8 Å². The largest absolute Gasteiger partial charge is 0.223 e. The molecule has 0 atom stereocenters. The lowest BCUT2D eigenvalue weighted by Gasteiger charge is -1.96. The summed E-state index contributed by atoms with van der Waals surface area (Å²) in [7, 11) is 0. The fourth-order valence-corrected chi connectivity index (χ4v) is 1.11. The van der Waals surface area contributed by atoms with E-state index in [1.54, 1.807) is 0 Å². The molecule has 4 heteroatoms. The molecule has 0 aliphatic carbocycles. The number of rotatable bonds is 1. The van der Waals surface area contributed by atoms with Crippen LogP contribution in [0.15, 0.2) is 12.1 Å². The molecule has 56 valence electrons. The van der Waals surface area contributed by atoms with Gasteiger partial charge in [-0.05, 0) is 12.1 Å². The highest BCUT2D eigenvalue weighted by Crippen LogP contribution is 2.09. The normalized spacial score (nSPS) is 9.18. The molecule has 0 spiro atoms. The van der Waals surface area contributed by atoms with Crippen molar-refractivity contribution in [3.8, 4) is 6.07 Å². The van der Waals surface area contributed by atoms with Gasteiger partial charge in [0.2, 0.25) is 5.95 Å². The summed E-state index contributed by atoms with van der Waals surface area (Å²) < 4.78 is 12.4. The fraction of sp³-hybridized carbons (Fsp3) is 0.143. The molecule has 0 saturated heterocycles. The minimum Gasteiger partial charge on any atom is -0.223 e. The Balaban J connectivity index is 3.19. The molecule has 0 amide bonds. The van der Waals surface area contributed by atoms with Crippen LogP contribution in [0.1, 0.15) is 11.3 Å². The van der Waals surface area contributed by atoms with Crippen LogP contribution in [0.2, 0.25) is 0 Å². The number of hydrogen-bond donors (Lipinski definition) is 0. The molecule has 0 aliphatic heterocycles. The fourth-order valence-electron chi connectivity index (χ4n) is 0.678. The van der Waals surface area contributed by atoms with E-state index in [-0.39, 0.29) is 0 Å². The van der Waals surface area contributed by atoms with Gasteiger partial charge in [0, 0.05) is 5.33 Å². The van der Waals surface area contributed by atoms with Crippen LogP contribution < -0.4 is 0 Å². The van der Waals surface area contributed by atoms with Gasteiger partial charge in [0.1, 0.15) is 6.07 Å². The summed E-state index contributed by atoms with van der Waals surface area (Å²) >= 11 is 3.10. The lowest BCUT2D eigenvalue weighted by molar-refractivity contribution is 0.579. The van der Waals surface area contributed by atoms with Crippen molar-refractivity contribution in [1.82, 2.24) is 4.98 Å². The zero-order valence-corrected chi connectivity index (χ0v) is 7.10. The Kier molecular flexibility index (Phi) is 2.55. The van der Waals surface area contributed by atoms with Crippen molar-refractivity contribution in [2.24, 2.45) is 0 Å². The van der Waals surface area contributed by atoms with Crippen molar-refractivity contribution < 1.29 is 4.39 Å². The minimum absolute atomic E-state index is 0.396. The van der Waals surface area contributed by atoms with Gasteiger partial charge in [0.15, 0.2) is 0 Å². The summed E-state index contributed by atoms with van der Waals surface area (Å²) in [5.74, 6) is -0.557. The lowest BCUT2D eigenvalue weighted by atomic mass is 10.2. The second-order valence-electron chi connectivity index (χ2n) is 1.87. The van der Waals surface area contributed by atoms with Crippen molar-refractivity contribution in [2.75, 3.05) is 0 Å². The second kappa shape index (κ2) is 3.44. The summed E-state index contributed by atoms with van der Waals surface area (Å²) in [5.41, 5.74) is 0.843. The van der Waals surface area contributed by atoms with E-state index in [2.05, 4.69) is 20.9 Å². The number of pyridine rings is 1. The summed E-state index contributed by atoms with van der Waals surface area (Å²) in [4.78, 5) is 3.53. The van der Waals surface area contributed by atoms with Crippen LogP contribution in [0.4, 0.5) is 4.39 Å². The topological polar surface area (TPSA) is 36.7 Å². The average Bonchev–Trinajstić information content (AvgIpc) is 2.04. The SMILES string of the molecule is N#Cc1ccc(F)nc1CBr. The van der Waals surface area contributed by atoms with Gasteiger partial charge in [-0.1, -0.05) is 15.9 Å². The smallest absolute Gasteiger partial charge is 0.213 e. The molecule has 0 saturated carbocycles. The van der Waals surface area contributed by atoms with Crippen LogP contribution in [0, 0.1) is 17.3 Å². The predicted molar refractivity (Wildman–Crippen MR) is 41.5 cm³/mol. The predicted octanol–water partition coefficient (Wildman–Crippen LogP) is 1.99. The Morgan fingerprint density at radius 2 is 2.36 bits per heavy atom. The molecule has 2 nitrogen and oxygen atoms in total. The van der Waals surface area contributed by atoms with Crippen LogP contribution >= 0.6 is 15.9 Å². The van der Waals surface area contributed by atoms with E-state index in [0.717, 1.165) is 0 Å². The standard InChI is InChI=1S/C7H4BrFN2/c8-3-6-5(4-10)1-2-7(9)11-6/h1-2H,3H2. The maximum atomic E-state index is 12.4. The monoisotopic (exact) mass is 214 g/mol. The Morgan fingerprint density at radius 3 is 2.91 bits per heavy atom. The number of nitrogens with zero attached hydrogens (tertiary/aromatic N) is 2.